The second kappa shape index (κ2) is 8.22. The van der Waals surface area contributed by atoms with Gasteiger partial charge < -0.3 is 20.7 Å². The van der Waals surface area contributed by atoms with Gasteiger partial charge in [0, 0.05) is 36.6 Å². The number of H-pyrrole nitrogens is 1. The highest BCUT2D eigenvalue weighted by Gasteiger charge is 2.07. The van der Waals surface area contributed by atoms with Crippen molar-refractivity contribution in [3.8, 4) is 0 Å². The van der Waals surface area contributed by atoms with Crippen LogP contribution >= 0.6 is 0 Å². The van der Waals surface area contributed by atoms with Gasteiger partial charge in [-0.1, -0.05) is 25.1 Å². The van der Waals surface area contributed by atoms with Crippen molar-refractivity contribution in [1.29, 1.82) is 0 Å². The maximum Gasteiger partial charge on any atom is 0.314 e. The van der Waals surface area contributed by atoms with Gasteiger partial charge in [-0.15, -0.1) is 0 Å². The molecule has 0 unspecified atom stereocenters. The van der Waals surface area contributed by atoms with Crippen LogP contribution in [0.15, 0.2) is 24.4 Å². The zero-order chi connectivity index (χ0) is 16.7. The molecule has 0 atom stereocenters. The molecule has 0 radical (unpaired) electrons. The molecule has 0 aliphatic carbocycles. The topological polar surface area (TPSA) is 94.2 Å². The van der Waals surface area contributed by atoms with Gasteiger partial charge in [0.15, 0.2) is 0 Å². The van der Waals surface area contributed by atoms with Crippen molar-refractivity contribution < 1.29 is 14.7 Å². The fourth-order valence-corrected chi connectivity index (χ4v) is 2.59. The van der Waals surface area contributed by atoms with Gasteiger partial charge in [0.2, 0.25) is 0 Å². The summed E-state index contributed by atoms with van der Waals surface area (Å²) in [6, 6.07) is 6.00. The van der Waals surface area contributed by atoms with Crippen LogP contribution in [0.4, 0.5) is 4.79 Å². The minimum absolute atomic E-state index is 0.0649. The van der Waals surface area contributed by atoms with Gasteiger partial charge in [-0.3, -0.25) is 4.79 Å². The zero-order valence-corrected chi connectivity index (χ0v) is 13.3. The van der Waals surface area contributed by atoms with E-state index in [-0.39, 0.29) is 12.5 Å². The van der Waals surface area contributed by atoms with E-state index in [4.69, 9.17) is 5.11 Å². The number of hydrogen-bond donors (Lipinski definition) is 4. The van der Waals surface area contributed by atoms with Crippen molar-refractivity contribution >= 4 is 22.9 Å². The number of aryl methyl sites for hydroxylation is 1. The lowest BCUT2D eigenvalue weighted by atomic mass is 10.1. The fraction of sp³-hybridized carbons (Fsp3) is 0.412. The molecule has 0 aliphatic rings. The number of urea groups is 1. The molecule has 6 nitrogen and oxygen atoms in total. The zero-order valence-electron chi connectivity index (χ0n) is 13.3. The van der Waals surface area contributed by atoms with E-state index in [0.29, 0.717) is 19.5 Å². The number of para-hydroxylation sites is 1. The van der Waals surface area contributed by atoms with Crippen LogP contribution in [0.1, 0.15) is 30.9 Å². The molecule has 0 saturated heterocycles. The number of aromatic nitrogens is 1. The molecule has 2 aromatic rings. The fourth-order valence-electron chi connectivity index (χ4n) is 2.59. The largest absolute Gasteiger partial charge is 0.481 e. The van der Waals surface area contributed by atoms with E-state index in [1.54, 1.807) is 0 Å². The Labute approximate surface area is 135 Å². The molecular formula is C17H23N3O3. The van der Waals surface area contributed by atoms with E-state index < -0.39 is 5.97 Å². The first-order valence-electron chi connectivity index (χ1n) is 7.93. The minimum atomic E-state index is -0.849. The normalized spacial score (nSPS) is 10.7. The highest BCUT2D eigenvalue weighted by molar-refractivity contribution is 5.86. The molecule has 0 saturated carbocycles. The summed E-state index contributed by atoms with van der Waals surface area (Å²) in [5.41, 5.74) is 3.64. The number of carbonyl (C=O) groups excluding carboxylic acids is 1. The molecule has 23 heavy (non-hydrogen) atoms. The predicted molar refractivity (Wildman–Crippen MR) is 89.7 cm³/mol. The number of amides is 2. The van der Waals surface area contributed by atoms with Crippen LogP contribution in [0.5, 0.6) is 0 Å². The highest BCUT2D eigenvalue weighted by Crippen LogP contribution is 2.22. The number of aliphatic carboxylic acids is 1. The number of carboxylic acids is 1. The molecule has 1 heterocycles. The average Bonchev–Trinajstić information content (AvgIpc) is 2.95. The van der Waals surface area contributed by atoms with Crippen LogP contribution in [-0.4, -0.2) is 35.2 Å². The van der Waals surface area contributed by atoms with Crippen LogP contribution in [0.25, 0.3) is 10.9 Å². The molecule has 1 aromatic heterocycles. The SMILES string of the molecule is CCc1cccc2c(CCNC(=O)NCCCC(=O)O)c[nH]c12. The molecule has 1 aromatic carbocycles. The first-order chi connectivity index (χ1) is 11.1. The molecule has 2 amide bonds. The number of nitrogens with one attached hydrogen (secondary N) is 3. The van der Waals surface area contributed by atoms with Crippen molar-refractivity contribution in [3.05, 3.63) is 35.5 Å². The van der Waals surface area contributed by atoms with Gasteiger partial charge in [0.25, 0.3) is 0 Å². The Hall–Kier alpha value is -2.50. The summed E-state index contributed by atoms with van der Waals surface area (Å²) in [5.74, 6) is -0.849. The van der Waals surface area contributed by atoms with Crippen molar-refractivity contribution in [2.45, 2.75) is 32.6 Å². The third kappa shape index (κ3) is 4.74. The molecule has 4 N–H and O–H groups in total. The van der Waals surface area contributed by atoms with E-state index in [2.05, 4.69) is 40.7 Å². The summed E-state index contributed by atoms with van der Waals surface area (Å²) in [6.07, 6.45) is 4.22. The van der Waals surface area contributed by atoms with E-state index >= 15 is 0 Å². The number of rotatable bonds is 8. The van der Waals surface area contributed by atoms with Gasteiger partial charge >= 0.3 is 12.0 Å². The monoisotopic (exact) mass is 317 g/mol. The Morgan fingerprint density at radius 3 is 2.70 bits per heavy atom. The summed E-state index contributed by atoms with van der Waals surface area (Å²) < 4.78 is 0. The number of carboxylic acid groups (broad SMARTS) is 1. The van der Waals surface area contributed by atoms with Crippen molar-refractivity contribution in [2.75, 3.05) is 13.1 Å². The summed E-state index contributed by atoms with van der Waals surface area (Å²) in [6.45, 7) is 3.03. The molecular weight excluding hydrogens is 294 g/mol. The van der Waals surface area contributed by atoms with Crippen molar-refractivity contribution in [3.63, 3.8) is 0 Å². The molecule has 0 spiro atoms. The maximum absolute atomic E-state index is 11.6. The standard InChI is InChI=1S/C17H23N3O3/c1-2-12-5-3-6-14-13(11-20-16(12)14)8-10-19-17(23)18-9-4-7-15(21)22/h3,5-6,11,20H,2,4,7-10H2,1H3,(H,21,22)(H2,18,19,23). The molecule has 6 heteroatoms. The molecule has 0 bridgehead atoms. The molecule has 124 valence electrons. The summed E-state index contributed by atoms with van der Waals surface area (Å²) in [7, 11) is 0. The Morgan fingerprint density at radius 1 is 1.17 bits per heavy atom. The number of fused-ring (bicyclic) bond motifs is 1. The van der Waals surface area contributed by atoms with Gasteiger partial charge in [-0.25, -0.2) is 4.79 Å². The second-order valence-corrected chi connectivity index (χ2v) is 5.44. The molecule has 0 fully saturated rings. The van der Waals surface area contributed by atoms with Crippen LogP contribution in [0, 0.1) is 0 Å². The summed E-state index contributed by atoms with van der Waals surface area (Å²) in [4.78, 5) is 25.3. The lowest BCUT2D eigenvalue weighted by Gasteiger charge is -2.07. The maximum atomic E-state index is 11.6. The van der Waals surface area contributed by atoms with E-state index in [1.807, 2.05) is 6.20 Å². The Kier molecular flexibility index (Phi) is 6.02. The summed E-state index contributed by atoms with van der Waals surface area (Å²) in [5, 5.41) is 15.2. The predicted octanol–water partition coefficient (Wildman–Crippen LogP) is 2.44. The summed E-state index contributed by atoms with van der Waals surface area (Å²) >= 11 is 0. The number of benzene rings is 1. The van der Waals surface area contributed by atoms with Gasteiger partial charge in [-0.05, 0) is 30.4 Å². The van der Waals surface area contributed by atoms with Gasteiger partial charge in [0.1, 0.15) is 0 Å². The van der Waals surface area contributed by atoms with Crippen LogP contribution in [-0.2, 0) is 17.6 Å². The third-order valence-corrected chi connectivity index (χ3v) is 3.80. The number of carbonyl (C=O) groups is 2. The Bertz CT molecular complexity index is 679. The average molecular weight is 317 g/mol. The van der Waals surface area contributed by atoms with Gasteiger partial charge in [0.05, 0.1) is 0 Å². The van der Waals surface area contributed by atoms with Crippen LogP contribution in [0.3, 0.4) is 0 Å². The third-order valence-electron chi connectivity index (χ3n) is 3.80. The smallest absolute Gasteiger partial charge is 0.314 e. The number of hydrogen-bond acceptors (Lipinski definition) is 2. The molecule has 2 rings (SSSR count). The lowest BCUT2D eigenvalue weighted by Crippen LogP contribution is -2.37. The Balaban J connectivity index is 1.78. The van der Waals surface area contributed by atoms with E-state index in [9.17, 15) is 9.59 Å². The van der Waals surface area contributed by atoms with E-state index in [1.165, 1.54) is 22.0 Å². The molecule has 0 aliphatic heterocycles. The van der Waals surface area contributed by atoms with Crippen LogP contribution in [0.2, 0.25) is 0 Å². The van der Waals surface area contributed by atoms with Crippen LogP contribution < -0.4 is 10.6 Å². The van der Waals surface area contributed by atoms with E-state index in [0.717, 1.165) is 12.8 Å². The number of aromatic amines is 1. The highest BCUT2D eigenvalue weighted by atomic mass is 16.4. The first kappa shape index (κ1) is 16.9. The quantitative estimate of drug-likeness (QED) is 0.563. The van der Waals surface area contributed by atoms with Gasteiger partial charge in [-0.2, -0.15) is 0 Å². The Morgan fingerprint density at radius 2 is 1.96 bits per heavy atom. The minimum Gasteiger partial charge on any atom is -0.481 e. The lowest BCUT2D eigenvalue weighted by molar-refractivity contribution is -0.137. The van der Waals surface area contributed by atoms with Crippen molar-refractivity contribution in [1.82, 2.24) is 15.6 Å². The first-order valence-corrected chi connectivity index (χ1v) is 7.93. The van der Waals surface area contributed by atoms with Crippen molar-refractivity contribution in [2.24, 2.45) is 0 Å². The second-order valence-electron chi connectivity index (χ2n) is 5.44.